The molecular weight excluding hydrogens is 262 g/mol. The Morgan fingerprint density at radius 1 is 1.21 bits per heavy atom. The lowest BCUT2D eigenvalue weighted by Crippen LogP contribution is -2.02. The molecule has 2 rings (SSSR count). The van der Waals surface area contributed by atoms with Gasteiger partial charge >= 0.3 is 0 Å². The Labute approximate surface area is 117 Å². The van der Waals surface area contributed by atoms with E-state index in [0.29, 0.717) is 16.6 Å². The third-order valence-electron chi connectivity index (χ3n) is 2.73. The Hall–Kier alpha value is -1.81. The first-order chi connectivity index (χ1) is 9.01. The van der Waals surface area contributed by atoms with Crippen molar-refractivity contribution < 1.29 is 4.74 Å². The van der Waals surface area contributed by atoms with Crippen LogP contribution in [0.3, 0.4) is 0 Å². The molecule has 0 atom stereocenters. The quantitative estimate of drug-likeness (QED) is 0.932. The van der Waals surface area contributed by atoms with Crippen molar-refractivity contribution in [1.82, 2.24) is 9.97 Å². The van der Waals surface area contributed by atoms with Crippen LogP contribution < -0.4 is 10.5 Å². The van der Waals surface area contributed by atoms with E-state index in [9.17, 15) is 0 Å². The molecule has 5 heteroatoms. The van der Waals surface area contributed by atoms with Crippen LogP contribution in [0.5, 0.6) is 5.75 Å². The molecule has 0 aliphatic carbocycles. The standard InChI is InChI=1S/C14H16ClN3O/c1-8(2)14-17-11(7-13(16)18-14)9-4-5-10(15)12(6-9)19-3/h4-8H,1-3H3,(H2,16,17,18). The highest BCUT2D eigenvalue weighted by molar-refractivity contribution is 6.32. The summed E-state index contributed by atoms with van der Waals surface area (Å²) in [5, 5.41) is 0.567. The zero-order valence-corrected chi connectivity index (χ0v) is 11.9. The summed E-state index contributed by atoms with van der Waals surface area (Å²) < 4.78 is 5.21. The van der Waals surface area contributed by atoms with E-state index in [1.165, 1.54) is 0 Å². The number of benzene rings is 1. The van der Waals surface area contributed by atoms with Gasteiger partial charge in [-0.2, -0.15) is 0 Å². The fourth-order valence-corrected chi connectivity index (χ4v) is 1.91. The second kappa shape index (κ2) is 5.45. The predicted molar refractivity (Wildman–Crippen MR) is 77.5 cm³/mol. The molecule has 0 spiro atoms. The van der Waals surface area contributed by atoms with Crippen LogP contribution in [-0.4, -0.2) is 17.1 Å². The third-order valence-corrected chi connectivity index (χ3v) is 3.04. The van der Waals surface area contributed by atoms with Gasteiger partial charge < -0.3 is 10.5 Å². The number of halogens is 1. The minimum Gasteiger partial charge on any atom is -0.495 e. The number of nitrogens with two attached hydrogens (primary N) is 1. The number of aromatic nitrogens is 2. The highest BCUT2D eigenvalue weighted by atomic mass is 35.5. The van der Waals surface area contributed by atoms with Crippen molar-refractivity contribution in [3.05, 3.63) is 35.1 Å². The van der Waals surface area contributed by atoms with Crippen molar-refractivity contribution in [3.8, 4) is 17.0 Å². The summed E-state index contributed by atoms with van der Waals surface area (Å²) in [7, 11) is 1.58. The van der Waals surface area contributed by atoms with Gasteiger partial charge in [0.1, 0.15) is 17.4 Å². The number of rotatable bonds is 3. The van der Waals surface area contributed by atoms with E-state index in [1.54, 1.807) is 19.2 Å². The predicted octanol–water partition coefficient (Wildman–Crippen LogP) is 3.51. The average Bonchev–Trinajstić information content (AvgIpc) is 2.38. The molecule has 19 heavy (non-hydrogen) atoms. The van der Waals surface area contributed by atoms with E-state index in [1.807, 2.05) is 26.0 Å². The van der Waals surface area contributed by atoms with E-state index >= 15 is 0 Å². The molecule has 1 heterocycles. The molecule has 1 aromatic carbocycles. The minimum atomic E-state index is 0.219. The first kappa shape index (κ1) is 13.6. The lowest BCUT2D eigenvalue weighted by molar-refractivity contribution is 0.415. The molecule has 0 saturated heterocycles. The smallest absolute Gasteiger partial charge is 0.138 e. The normalized spacial score (nSPS) is 10.8. The van der Waals surface area contributed by atoms with Crippen molar-refractivity contribution in [2.45, 2.75) is 19.8 Å². The fourth-order valence-electron chi connectivity index (χ4n) is 1.71. The van der Waals surface area contributed by atoms with Crippen molar-refractivity contribution in [2.75, 3.05) is 12.8 Å². The SMILES string of the molecule is COc1cc(-c2cc(N)nc(C(C)C)n2)ccc1Cl. The number of hydrogen-bond acceptors (Lipinski definition) is 4. The molecule has 1 aromatic heterocycles. The number of hydrogen-bond donors (Lipinski definition) is 1. The molecule has 2 N–H and O–H groups in total. The first-order valence-electron chi connectivity index (χ1n) is 5.99. The maximum atomic E-state index is 6.01. The van der Waals surface area contributed by atoms with Gasteiger partial charge in [-0.1, -0.05) is 31.5 Å². The molecule has 0 saturated carbocycles. The van der Waals surface area contributed by atoms with Crippen LogP contribution in [0.15, 0.2) is 24.3 Å². The Kier molecular flexibility index (Phi) is 3.90. The molecule has 0 fully saturated rings. The van der Waals surface area contributed by atoms with Gasteiger partial charge in [-0.15, -0.1) is 0 Å². The van der Waals surface area contributed by atoms with Crippen LogP contribution >= 0.6 is 11.6 Å². The van der Waals surface area contributed by atoms with Gasteiger partial charge in [0.2, 0.25) is 0 Å². The zero-order chi connectivity index (χ0) is 14.0. The van der Waals surface area contributed by atoms with Gasteiger partial charge in [0.15, 0.2) is 0 Å². The van der Waals surface area contributed by atoms with Gasteiger partial charge in [0.05, 0.1) is 17.8 Å². The Bertz CT molecular complexity index is 599. The Morgan fingerprint density at radius 3 is 2.58 bits per heavy atom. The molecule has 0 aliphatic rings. The summed E-state index contributed by atoms with van der Waals surface area (Å²) in [5.74, 6) is 2.02. The van der Waals surface area contributed by atoms with Crippen molar-refractivity contribution >= 4 is 17.4 Å². The molecule has 4 nitrogen and oxygen atoms in total. The molecule has 0 aliphatic heterocycles. The van der Waals surface area contributed by atoms with Gasteiger partial charge in [-0.25, -0.2) is 9.97 Å². The summed E-state index contributed by atoms with van der Waals surface area (Å²) in [6, 6.07) is 7.25. The van der Waals surface area contributed by atoms with Crippen LogP contribution in [0.2, 0.25) is 5.02 Å². The van der Waals surface area contributed by atoms with E-state index in [4.69, 9.17) is 22.1 Å². The van der Waals surface area contributed by atoms with Crippen molar-refractivity contribution in [1.29, 1.82) is 0 Å². The number of nitrogens with zero attached hydrogens (tertiary/aromatic N) is 2. The summed E-state index contributed by atoms with van der Waals surface area (Å²) in [6.45, 7) is 4.06. The van der Waals surface area contributed by atoms with Gasteiger partial charge in [-0.05, 0) is 12.1 Å². The molecular formula is C14H16ClN3O. The van der Waals surface area contributed by atoms with Gasteiger partial charge in [0.25, 0.3) is 0 Å². The summed E-state index contributed by atoms with van der Waals surface area (Å²) >= 11 is 6.01. The summed E-state index contributed by atoms with van der Waals surface area (Å²) in [4.78, 5) is 8.75. The topological polar surface area (TPSA) is 61.0 Å². The second-order valence-corrected chi connectivity index (χ2v) is 4.95. The van der Waals surface area contributed by atoms with Crippen LogP contribution in [0.25, 0.3) is 11.3 Å². The molecule has 0 unspecified atom stereocenters. The molecule has 2 aromatic rings. The highest BCUT2D eigenvalue weighted by Crippen LogP contribution is 2.30. The number of nitrogen functional groups attached to an aromatic ring is 1. The lowest BCUT2D eigenvalue weighted by Gasteiger charge is -2.10. The van der Waals surface area contributed by atoms with Crippen LogP contribution in [-0.2, 0) is 0 Å². The minimum absolute atomic E-state index is 0.219. The van der Waals surface area contributed by atoms with Crippen LogP contribution in [0.4, 0.5) is 5.82 Å². The monoisotopic (exact) mass is 277 g/mol. The Balaban J connectivity index is 2.52. The van der Waals surface area contributed by atoms with Crippen molar-refractivity contribution in [2.24, 2.45) is 0 Å². The average molecular weight is 278 g/mol. The lowest BCUT2D eigenvalue weighted by atomic mass is 10.1. The molecule has 0 amide bonds. The molecule has 100 valence electrons. The van der Waals surface area contributed by atoms with Crippen LogP contribution in [0.1, 0.15) is 25.6 Å². The van der Waals surface area contributed by atoms with E-state index in [2.05, 4.69) is 9.97 Å². The summed E-state index contributed by atoms with van der Waals surface area (Å²) in [6.07, 6.45) is 0. The Morgan fingerprint density at radius 2 is 1.95 bits per heavy atom. The van der Waals surface area contributed by atoms with Crippen LogP contribution in [0, 0.1) is 0 Å². The first-order valence-corrected chi connectivity index (χ1v) is 6.37. The number of anilines is 1. The van der Waals surface area contributed by atoms with Crippen molar-refractivity contribution in [3.63, 3.8) is 0 Å². The van der Waals surface area contributed by atoms with E-state index in [0.717, 1.165) is 17.1 Å². The maximum absolute atomic E-state index is 6.01. The van der Waals surface area contributed by atoms with Gasteiger partial charge in [0, 0.05) is 17.5 Å². The zero-order valence-electron chi connectivity index (χ0n) is 11.1. The number of ether oxygens (including phenoxy) is 1. The third kappa shape index (κ3) is 2.96. The molecule has 0 radical (unpaired) electrons. The second-order valence-electron chi connectivity index (χ2n) is 4.54. The maximum Gasteiger partial charge on any atom is 0.138 e. The van der Waals surface area contributed by atoms with Gasteiger partial charge in [-0.3, -0.25) is 0 Å². The summed E-state index contributed by atoms with van der Waals surface area (Å²) in [5.41, 5.74) is 7.50. The fraction of sp³-hybridized carbons (Fsp3) is 0.286. The van der Waals surface area contributed by atoms with E-state index in [-0.39, 0.29) is 5.92 Å². The number of methoxy groups -OCH3 is 1. The molecule has 0 bridgehead atoms. The largest absolute Gasteiger partial charge is 0.495 e. The van der Waals surface area contributed by atoms with E-state index < -0.39 is 0 Å². The highest BCUT2D eigenvalue weighted by Gasteiger charge is 2.10.